The number of hydrogen-bond acceptors (Lipinski definition) is 5. The molecule has 0 saturated heterocycles. The van der Waals surface area contributed by atoms with Crippen LogP contribution in [-0.4, -0.2) is 30.5 Å². The summed E-state index contributed by atoms with van der Waals surface area (Å²) in [4.78, 5) is 24.3. The second-order valence-electron chi connectivity index (χ2n) is 9.61. The van der Waals surface area contributed by atoms with E-state index in [0.29, 0.717) is 23.5 Å². The third kappa shape index (κ3) is 11.2. The van der Waals surface area contributed by atoms with Gasteiger partial charge in [-0.15, -0.1) is 11.6 Å². The summed E-state index contributed by atoms with van der Waals surface area (Å²) < 4.78 is 16.3. The maximum absolute atomic E-state index is 12.2. The van der Waals surface area contributed by atoms with Crippen LogP contribution in [0.1, 0.15) is 74.7 Å². The number of rotatable bonds is 14. The molecular weight excluding hydrogens is 524 g/mol. The molecule has 5 nitrogen and oxygen atoms in total. The Kier molecular flexibility index (Phi) is 13.1. The number of carbonyl (C=O) groups excluding carboxylic acids is 2. The van der Waals surface area contributed by atoms with Crippen molar-refractivity contribution in [2.24, 2.45) is 0 Å². The second kappa shape index (κ2) is 17.0. The molecule has 0 fully saturated rings. The minimum atomic E-state index is -0.638. The lowest BCUT2D eigenvalue weighted by Crippen LogP contribution is -2.11. The van der Waals surface area contributed by atoms with Crippen LogP contribution < -0.4 is 9.47 Å². The zero-order valence-electron chi connectivity index (χ0n) is 23.3. The molecule has 0 saturated carbocycles. The minimum absolute atomic E-state index is 0.160. The first-order chi connectivity index (χ1) is 19.4. The van der Waals surface area contributed by atoms with Crippen LogP contribution in [0, 0.1) is 11.8 Å². The number of carbonyl (C=O) groups is 2. The molecule has 1 atom stereocenters. The van der Waals surface area contributed by atoms with Gasteiger partial charge < -0.3 is 14.2 Å². The highest BCUT2D eigenvalue weighted by Gasteiger charge is 2.09. The number of ether oxygens (including phenoxy) is 3. The van der Waals surface area contributed by atoms with Gasteiger partial charge in [-0.3, -0.25) is 0 Å². The van der Waals surface area contributed by atoms with E-state index < -0.39 is 11.9 Å². The van der Waals surface area contributed by atoms with Gasteiger partial charge in [0, 0.05) is 11.5 Å². The molecule has 3 rings (SSSR count). The van der Waals surface area contributed by atoms with Gasteiger partial charge in [-0.2, -0.15) is 0 Å². The van der Waals surface area contributed by atoms with Crippen LogP contribution in [0.5, 0.6) is 11.5 Å². The highest BCUT2D eigenvalue weighted by molar-refractivity contribution is 6.20. The van der Waals surface area contributed by atoms with Gasteiger partial charge in [0.15, 0.2) is 0 Å². The Morgan fingerprint density at radius 3 is 1.98 bits per heavy atom. The third-order valence-electron chi connectivity index (χ3n) is 6.14. The molecule has 0 spiro atoms. The number of hydrogen-bond donors (Lipinski definition) is 0. The average Bonchev–Trinajstić information content (AvgIpc) is 2.97. The summed E-state index contributed by atoms with van der Waals surface area (Å²) >= 11 is 5.82. The van der Waals surface area contributed by atoms with Gasteiger partial charge in [-0.1, -0.05) is 75.6 Å². The fourth-order valence-corrected chi connectivity index (χ4v) is 3.99. The predicted molar refractivity (Wildman–Crippen MR) is 160 cm³/mol. The van der Waals surface area contributed by atoms with Crippen LogP contribution >= 0.6 is 11.6 Å². The van der Waals surface area contributed by atoms with Gasteiger partial charge in [0.2, 0.25) is 0 Å². The summed E-state index contributed by atoms with van der Waals surface area (Å²) in [5, 5.41) is -0.238. The predicted octanol–water partition coefficient (Wildman–Crippen LogP) is 8.22. The first kappa shape index (κ1) is 30.8. The standard InChI is InChI=1S/C34H37ClO5/c1-3-4-5-6-7-8-9-24-38-31-19-10-27(11-20-31)12-23-33(36)40-32-21-17-29(18-22-32)28-13-15-30(16-14-28)34(37)39-25-26(2)35/h10-11,13-22,26H,3-9,24-25H2,1-2H3/t26-/m0/s1. The van der Waals surface area contributed by atoms with Gasteiger partial charge >= 0.3 is 11.9 Å². The summed E-state index contributed by atoms with van der Waals surface area (Å²) in [7, 11) is 0. The zero-order valence-corrected chi connectivity index (χ0v) is 24.0. The topological polar surface area (TPSA) is 61.8 Å². The van der Waals surface area contributed by atoms with Crippen LogP contribution in [0.2, 0.25) is 0 Å². The minimum Gasteiger partial charge on any atom is -0.494 e. The maximum atomic E-state index is 12.2. The Hall–Kier alpha value is -3.75. The third-order valence-corrected chi connectivity index (χ3v) is 6.27. The van der Waals surface area contributed by atoms with Crippen molar-refractivity contribution in [1.29, 1.82) is 0 Å². The first-order valence-electron chi connectivity index (χ1n) is 13.9. The molecule has 0 aliphatic rings. The van der Waals surface area contributed by atoms with Gasteiger partial charge in [-0.25, -0.2) is 9.59 Å². The summed E-state index contributed by atoms with van der Waals surface area (Å²) in [6.07, 6.45) is 8.74. The summed E-state index contributed by atoms with van der Waals surface area (Å²) in [6, 6.07) is 21.6. The lowest BCUT2D eigenvalue weighted by atomic mass is 10.0. The van der Waals surface area contributed by atoms with Crippen LogP contribution in [0.4, 0.5) is 0 Å². The summed E-state index contributed by atoms with van der Waals surface area (Å²) in [5.41, 5.74) is 2.99. The smallest absolute Gasteiger partial charge is 0.390 e. The maximum Gasteiger partial charge on any atom is 0.390 e. The van der Waals surface area contributed by atoms with E-state index in [0.717, 1.165) is 23.3 Å². The van der Waals surface area contributed by atoms with E-state index in [2.05, 4.69) is 18.8 Å². The second-order valence-corrected chi connectivity index (χ2v) is 10.4. The van der Waals surface area contributed by atoms with E-state index in [1.54, 1.807) is 31.2 Å². The molecule has 0 radical (unpaired) electrons. The van der Waals surface area contributed by atoms with E-state index in [1.807, 2.05) is 48.5 Å². The molecule has 0 unspecified atom stereocenters. The zero-order chi connectivity index (χ0) is 28.6. The quantitative estimate of drug-likeness (QED) is 0.0653. The van der Waals surface area contributed by atoms with E-state index in [1.165, 1.54) is 38.5 Å². The van der Waals surface area contributed by atoms with Crippen molar-refractivity contribution in [1.82, 2.24) is 0 Å². The highest BCUT2D eigenvalue weighted by atomic mass is 35.5. The number of esters is 2. The molecule has 6 heteroatoms. The first-order valence-corrected chi connectivity index (χ1v) is 14.4. The van der Waals surface area contributed by atoms with Crippen molar-refractivity contribution >= 4 is 23.5 Å². The van der Waals surface area contributed by atoms with E-state index in [4.69, 9.17) is 25.8 Å². The van der Waals surface area contributed by atoms with Crippen molar-refractivity contribution in [2.45, 2.75) is 64.2 Å². The largest absolute Gasteiger partial charge is 0.494 e. The molecule has 0 N–H and O–H groups in total. The molecule has 0 aromatic heterocycles. The van der Waals surface area contributed by atoms with Crippen molar-refractivity contribution in [3.8, 4) is 34.5 Å². The van der Waals surface area contributed by atoms with Crippen LogP contribution in [0.25, 0.3) is 11.1 Å². The van der Waals surface area contributed by atoms with Crippen LogP contribution in [0.3, 0.4) is 0 Å². The van der Waals surface area contributed by atoms with Crippen molar-refractivity contribution in [3.05, 3.63) is 83.9 Å². The monoisotopic (exact) mass is 560 g/mol. The number of benzene rings is 3. The Morgan fingerprint density at radius 1 is 0.775 bits per heavy atom. The lowest BCUT2D eigenvalue weighted by Gasteiger charge is -2.07. The molecule has 3 aromatic carbocycles. The Balaban J connectivity index is 1.43. The Bertz CT molecular complexity index is 1250. The summed E-state index contributed by atoms with van der Waals surface area (Å²) in [5.74, 6) is 5.51. The Labute approximate surface area is 242 Å². The van der Waals surface area contributed by atoms with Gasteiger partial charge in [0.05, 0.1) is 17.5 Å². The molecule has 210 valence electrons. The molecule has 0 heterocycles. The van der Waals surface area contributed by atoms with E-state index in [-0.39, 0.29) is 12.0 Å². The fraction of sp³-hybridized carbons (Fsp3) is 0.353. The molecular formula is C34H37ClO5. The average molecular weight is 561 g/mol. The molecule has 0 aliphatic heterocycles. The van der Waals surface area contributed by atoms with E-state index in [9.17, 15) is 9.59 Å². The normalized spacial score (nSPS) is 11.2. The number of unbranched alkanes of at least 4 members (excludes halogenated alkanes) is 6. The van der Waals surface area contributed by atoms with Gasteiger partial charge in [-0.05, 0) is 73.0 Å². The fourth-order valence-electron chi connectivity index (χ4n) is 3.93. The van der Waals surface area contributed by atoms with E-state index >= 15 is 0 Å². The molecule has 0 amide bonds. The van der Waals surface area contributed by atoms with Gasteiger partial charge in [0.25, 0.3) is 0 Å². The van der Waals surface area contributed by atoms with Crippen LogP contribution in [-0.2, 0) is 9.53 Å². The lowest BCUT2D eigenvalue weighted by molar-refractivity contribution is -0.128. The number of alkyl halides is 1. The highest BCUT2D eigenvalue weighted by Crippen LogP contribution is 2.23. The molecule has 0 aliphatic carbocycles. The Morgan fingerprint density at radius 2 is 1.35 bits per heavy atom. The van der Waals surface area contributed by atoms with Crippen molar-refractivity contribution < 1.29 is 23.8 Å². The summed E-state index contributed by atoms with van der Waals surface area (Å²) in [6.45, 7) is 4.86. The molecule has 0 bridgehead atoms. The molecule has 40 heavy (non-hydrogen) atoms. The van der Waals surface area contributed by atoms with Crippen LogP contribution in [0.15, 0.2) is 72.8 Å². The number of halogens is 1. The van der Waals surface area contributed by atoms with Crippen molar-refractivity contribution in [3.63, 3.8) is 0 Å². The van der Waals surface area contributed by atoms with Crippen molar-refractivity contribution in [2.75, 3.05) is 13.2 Å². The SMILES string of the molecule is CCCCCCCCCOc1ccc(C#CC(=O)Oc2ccc(-c3ccc(C(=O)OC[C@H](C)Cl)cc3)cc2)cc1. The van der Waals surface area contributed by atoms with Gasteiger partial charge in [0.1, 0.15) is 18.1 Å². The molecule has 3 aromatic rings.